The Bertz CT molecular complexity index is 1220. The number of nitrogens with zero attached hydrogens (tertiary/aromatic N) is 3. The molecule has 0 N–H and O–H groups in total. The second-order valence-electron chi connectivity index (χ2n) is 10.9. The fourth-order valence-electron chi connectivity index (χ4n) is 6.05. The standard InChI is InChI=1S/C32H40ClN3O2S/c1-4-20-38-30-15-21-39-31(30)32(37)34-16-13-29(14-17-34)35-18-19-36(23(2)22-35)24(3)25-5-7-26(8-6-25)27-9-11-28(33)12-10-27/h5-12,15,21,23-24,29H,4,13-14,16-20,22H2,1-3H3/t23-,24+/m1/s1. The summed E-state index contributed by atoms with van der Waals surface area (Å²) in [5, 5.41) is 2.72. The quantitative estimate of drug-likeness (QED) is 0.289. The SMILES string of the molecule is CCCOc1ccsc1C(=O)N1CCC(N2CCN([C@@H](C)c3ccc(-c4ccc(Cl)cc4)cc3)[C@H](C)C2)CC1. The molecule has 1 aromatic heterocycles. The van der Waals surface area contributed by atoms with E-state index in [1.54, 1.807) is 0 Å². The number of likely N-dealkylation sites (tertiary alicyclic amines) is 1. The lowest BCUT2D eigenvalue weighted by molar-refractivity contribution is 0.0135. The van der Waals surface area contributed by atoms with E-state index in [-0.39, 0.29) is 5.91 Å². The van der Waals surface area contributed by atoms with E-state index in [1.165, 1.54) is 28.0 Å². The summed E-state index contributed by atoms with van der Waals surface area (Å²) in [4.78, 5) is 21.3. The molecule has 2 fully saturated rings. The molecule has 3 aromatic rings. The van der Waals surface area contributed by atoms with Gasteiger partial charge in [0.1, 0.15) is 10.6 Å². The highest BCUT2D eigenvalue weighted by molar-refractivity contribution is 7.12. The van der Waals surface area contributed by atoms with Gasteiger partial charge >= 0.3 is 0 Å². The first-order valence-corrected chi connectivity index (χ1v) is 15.6. The molecular weight excluding hydrogens is 526 g/mol. The number of rotatable bonds is 8. The van der Waals surface area contributed by atoms with Gasteiger partial charge in [-0.15, -0.1) is 11.3 Å². The first-order chi connectivity index (χ1) is 18.9. The van der Waals surface area contributed by atoms with E-state index in [2.05, 4.69) is 67.0 Å². The predicted molar refractivity (Wildman–Crippen MR) is 162 cm³/mol. The molecule has 0 bridgehead atoms. The summed E-state index contributed by atoms with van der Waals surface area (Å²) >= 11 is 7.55. The van der Waals surface area contributed by atoms with Gasteiger partial charge in [-0.05, 0) is 73.4 Å². The summed E-state index contributed by atoms with van der Waals surface area (Å²) in [5.41, 5.74) is 3.76. The van der Waals surface area contributed by atoms with Gasteiger partial charge in [0.2, 0.25) is 0 Å². The summed E-state index contributed by atoms with van der Waals surface area (Å²) in [6, 6.07) is 20.3. The van der Waals surface area contributed by atoms with Gasteiger partial charge in [-0.25, -0.2) is 0 Å². The van der Waals surface area contributed by atoms with E-state index in [9.17, 15) is 4.79 Å². The average Bonchev–Trinajstić information content (AvgIpc) is 3.44. The molecule has 0 saturated carbocycles. The van der Waals surface area contributed by atoms with Crippen molar-refractivity contribution >= 4 is 28.8 Å². The summed E-state index contributed by atoms with van der Waals surface area (Å²) < 4.78 is 5.80. The third-order valence-electron chi connectivity index (χ3n) is 8.33. The second-order valence-corrected chi connectivity index (χ2v) is 12.2. The third-order valence-corrected chi connectivity index (χ3v) is 9.47. The number of ether oxygens (including phenoxy) is 1. The van der Waals surface area contributed by atoms with Crippen LogP contribution < -0.4 is 4.74 Å². The van der Waals surface area contributed by atoms with Gasteiger partial charge in [-0.1, -0.05) is 54.9 Å². The van der Waals surface area contributed by atoms with Crippen LogP contribution in [0.1, 0.15) is 61.3 Å². The number of carbonyl (C=O) groups excluding carboxylic acids is 1. The molecular formula is C32H40ClN3O2S. The molecule has 2 saturated heterocycles. The van der Waals surface area contributed by atoms with Crippen molar-refractivity contribution < 1.29 is 9.53 Å². The molecule has 5 rings (SSSR count). The van der Waals surface area contributed by atoms with Crippen LogP contribution in [0, 0.1) is 0 Å². The Morgan fingerprint density at radius 3 is 2.31 bits per heavy atom. The topological polar surface area (TPSA) is 36.0 Å². The van der Waals surface area contributed by atoms with Crippen LogP contribution in [0.5, 0.6) is 5.75 Å². The smallest absolute Gasteiger partial charge is 0.267 e. The van der Waals surface area contributed by atoms with E-state index >= 15 is 0 Å². The average molecular weight is 566 g/mol. The van der Waals surface area contributed by atoms with Crippen LogP contribution in [0.25, 0.3) is 11.1 Å². The molecule has 3 heterocycles. The zero-order valence-electron chi connectivity index (χ0n) is 23.3. The lowest BCUT2D eigenvalue weighted by Gasteiger charge is -2.47. The summed E-state index contributed by atoms with van der Waals surface area (Å²) in [5.74, 6) is 0.872. The summed E-state index contributed by atoms with van der Waals surface area (Å²) in [6.45, 7) is 12.3. The molecule has 39 heavy (non-hydrogen) atoms. The van der Waals surface area contributed by atoms with Crippen LogP contribution in [0.15, 0.2) is 60.0 Å². The fraction of sp³-hybridized carbons (Fsp3) is 0.469. The maximum Gasteiger partial charge on any atom is 0.267 e. The minimum Gasteiger partial charge on any atom is -0.492 e. The van der Waals surface area contributed by atoms with Gasteiger partial charge in [-0.3, -0.25) is 14.6 Å². The first-order valence-electron chi connectivity index (χ1n) is 14.3. The Hall–Kier alpha value is -2.38. The number of thiophene rings is 1. The van der Waals surface area contributed by atoms with Gasteiger partial charge in [-0.2, -0.15) is 0 Å². The first kappa shape index (κ1) is 28.2. The van der Waals surface area contributed by atoms with Crippen LogP contribution >= 0.6 is 22.9 Å². The van der Waals surface area contributed by atoms with Crippen LogP contribution in [-0.2, 0) is 0 Å². The van der Waals surface area contributed by atoms with E-state index < -0.39 is 0 Å². The van der Waals surface area contributed by atoms with Crippen molar-refractivity contribution in [2.24, 2.45) is 0 Å². The molecule has 7 heteroatoms. The molecule has 2 aromatic carbocycles. The Morgan fingerprint density at radius 2 is 1.67 bits per heavy atom. The van der Waals surface area contributed by atoms with Crippen molar-refractivity contribution in [3.63, 3.8) is 0 Å². The molecule has 2 atom stereocenters. The minimum atomic E-state index is 0.128. The number of hydrogen-bond acceptors (Lipinski definition) is 5. The second kappa shape index (κ2) is 12.9. The van der Waals surface area contributed by atoms with Gasteiger partial charge in [0.15, 0.2) is 0 Å². The maximum atomic E-state index is 13.2. The number of carbonyl (C=O) groups is 1. The highest BCUT2D eigenvalue weighted by Crippen LogP contribution is 2.31. The zero-order chi connectivity index (χ0) is 27.4. The van der Waals surface area contributed by atoms with Crippen molar-refractivity contribution in [3.05, 3.63) is 75.4 Å². The van der Waals surface area contributed by atoms with Gasteiger partial charge < -0.3 is 9.64 Å². The molecule has 2 aliphatic heterocycles. The zero-order valence-corrected chi connectivity index (χ0v) is 24.9. The van der Waals surface area contributed by atoms with E-state index in [1.807, 2.05) is 28.5 Å². The van der Waals surface area contributed by atoms with Crippen molar-refractivity contribution in [1.29, 1.82) is 0 Å². The predicted octanol–water partition coefficient (Wildman–Crippen LogP) is 7.23. The van der Waals surface area contributed by atoms with Gasteiger partial charge in [0.05, 0.1) is 6.61 Å². The monoisotopic (exact) mass is 565 g/mol. The molecule has 0 spiro atoms. The number of hydrogen-bond donors (Lipinski definition) is 0. The van der Waals surface area contributed by atoms with Crippen molar-refractivity contribution in [3.8, 4) is 16.9 Å². The van der Waals surface area contributed by atoms with Crippen LogP contribution in [0.4, 0.5) is 0 Å². The lowest BCUT2D eigenvalue weighted by Crippen LogP contribution is -2.57. The Kier molecular flexibility index (Phi) is 9.28. The van der Waals surface area contributed by atoms with Crippen molar-refractivity contribution in [2.75, 3.05) is 39.3 Å². The number of halogens is 1. The Labute approximate surface area is 242 Å². The fourth-order valence-corrected chi connectivity index (χ4v) is 6.98. The van der Waals surface area contributed by atoms with Crippen LogP contribution in [0.3, 0.4) is 0 Å². The van der Waals surface area contributed by atoms with Crippen molar-refractivity contribution in [1.82, 2.24) is 14.7 Å². The van der Waals surface area contributed by atoms with Crippen molar-refractivity contribution in [2.45, 2.75) is 58.2 Å². The molecule has 1 amide bonds. The maximum absolute atomic E-state index is 13.2. The van der Waals surface area contributed by atoms with E-state index in [0.29, 0.717) is 24.7 Å². The number of amides is 1. The van der Waals surface area contributed by atoms with Gasteiger partial charge in [0, 0.05) is 55.9 Å². The normalized spacial score (nSPS) is 20.2. The summed E-state index contributed by atoms with van der Waals surface area (Å²) in [7, 11) is 0. The Morgan fingerprint density at radius 1 is 1.00 bits per heavy atom. The molecule has 0 unspecified atom stereocenters. The summed E-state index contributed by atoms with van der Waals surface area (Å²) in [6.07, 6.45) is 3.02. The molecule has 0 aliphatic carbocycles. The van der Waals surface area contributed by atoms with Crippen LogP contribution in [0.2, 0.25) is 5.02 Å². The molecule has 0 radical (unpaired) electrons. The molecule has 5 nitrogen and oxygen atoms in total. The lowest BCUT2D eigenvalue weighted by atomic mass is 9.97. The Balaban J connectivity index is 1.13. The largest absolute Gasteiger partial charge is 0.492 e. The number of benzene rings is 2. The number of piperazine rings is 1. The highest BCUT2D eigenvalue weighted by Gasteiger charge is 2.34. The highest BCUT2D eigenvalue weighted by atomic mass is 35.5. The van der Waals surface area contributed by atoms with Crippen LogP contribution in [-0.4, -0.2) is 72.0 Å². The van der Waals surface area contributed by atoms with Gasteiger partial charge in [0.25, 0.3) is 5.91 Å². The van der Waals surface area contributed by atoms with E-state index in [4.69, 9.17) is 16.3 Å². The molecule has 2 aliphatic rings. The minimum absolute atomic E-state index is 0.128. The van der Waals surface area contributed by atoms with E-state index in [0.717, 1.165) is 67.6 Å². The number of piperidine rings is 1. The molecule has 208 valence electrons. The third kappa shape index (κ3) is 6.51.